The predicted octanol–water partition coefficient (Wildman–Crippen LogP) is 1.92. The molecule has 0 atom stereocenters. The van der Waals surface area contributed by atoms with Gasteiger partial charge >= 0.3 is 5.69 Å². The summed E-state index contributed by atoms with van der Waals surface area (Å²) in [5, 5.41) is 10.9. The van der Waals surface area contributed by atoms with Gasteiger partial charge in [-0.25, -0.2) is 0 Å². The third kappa shape index (κ3) is 2.44. The number of aromatic nitrogens is 1. The molecule has 90 valence electrons. The molecule has 6 nitrogen and oxygen atoms in total. The standard InChI is InChI=1S/C10H10BrN3O3/c11-8-4-12-5-9(14(16)17)10(8)13-3-1-2-7(15)6-13/h4-5H,1-3,6H2. The van der Waals surface area contributed by atoms with E-state index in [4.69, 9.17) is 0 Å². The molecule has 1 aliphatic heterocycles. The highest BCUT2D eigenvalue weighted by atomic mass is 79.9. The van der Waals surface area contributed by atoms with E-state index < -0.39 is 4.92 Å². The van der Waals surface area contributed by atoms with E-state index in [0.29, 0.717) is 23.1 Å². The van der Waals surface area contributed by atoms with Gasteiger partial charge in [0, 0.05) is 19.2 Å². The molecule has 0 amide bonds. The lowest BCUT2D eigenvalue weighted by atomic mass is 10.1. The van der Waals surface area contributed by atoms with Crippen LogP contribution in [0, 0.1) is 10.1 Å². The van der Waals surface area contributed by atoms with Crippen LogP contribution in [0.15, 0.2) is 16.9 Å². The Morgan fingerprint density at radius 1 is 1.47 bits per heavy atom. The van der Waals surface area contributed by atoms with Gasteiger partial charge in [-0.15, -0.1) is 0 Å². The number of piperidine rings is 1. The number of nitro groups is 1. The summed E-state index contributed by atoms with van der Waals surface area (Å²) >= 11 is 3.25. The lowest BCUT2D eigenvalue weighted by Gasteiger charge is -2.27. The first-order valence-electron chi connectivity index (χ1n) is 5.14. The quantitative estimate of drug-likeness (QED) is 0.616. The van der Waals surface area contributed by atoms with E-state index in [1.165, 1.54) is 12.4 Å². The molecule has 1 aromatic rings. The number of carbonyl (C=O) groups excluding carboxylic acids is 1. The highest BCUT2D eigenvalue weighted by molar-refractivity contribution is 9.10. The third-order valence-corrected chi connectivity index (χ3v) is 3.20. The average molecular weight is 300 g/mol. The van der Waals surface area contributed by atoms with Crippen LogP contribution in [0.25, 0.3) is 0 Å². The van der Waals surface area contributed by atoms with Gasteiger partial charge in [-0.05, 0) is 22.4 Å². The normalized spacial score (nSPS) is 16.1. The van der Waals surface area contributed by atoms with Gasteiger partial charge in [0.2, 0.25) is 0 Å². The zero-order valence-electron chi connectivity index (χ0n) is 8.93. The smallest absolute Gasteiger partial charge is 0.311 e. The third-order valence-electron chi connectivity index (χ3n) is 2.62. The Hall–Kier alpha value is -1.50. The number of carbonyl (C=O) groups is 1. The molecule has 0 radical (unpaired) electrons. The molecular formula is C10H10BrN3O3. The molecule has 17 heavy (non-hydrogen) atoms. The van der Waals surface area contributed by atoms with Crippen molar-refractivity contribution in [1.82, 2.24) is 4.98 Å². The molecule has 0 aliphatic carbocycles. The first kappa shape index (κ1) is 12.0. The lowest BCUT2D eigenvalue weighted by Crippen LogP contribution is -2.36. The summed E-state index contributed by atoms with van der Waals surface area (Å²) < 4.78 is 0.543. The average Bonchev–Trinajstić information content (AvgIpc) is 2.28. The number of anilines is 1. The summed E-state index contributed by atoms with van der Waals surface area (Å²) in [4.78, 5) is 27.4. The summed E-state index contributed by atoms with van der Waals surface area (Å²) in [5.41, 5.74) is 0.368. The molecule has 0 bridgehead atoms. The number of hydrogen-bond donors (Lipinski definition) is 0. The van der Waals surface area contributed by atoms with Gasteiger partial charge in [-0.3, -0.25) is 19.9 Å². The highest BCUT2D eigenvalue weighted by Crippen LogP contribution is 2.35. The number of nitrogens with zero attached hydrogens (tertiary/aromatic N) is 3. The van der Waals surface area contributed by atoms with Gasteiger partial charge in [0.1, 0.15) is 11.9 Å². The van der Waals surface area contributed by atoms with Crippen LogP contribution in [-0.2, 0) is 4.79 Å². The Bertz CT molecular complexity index is 478. The van der Waals surface area contributed by atoms with Crippen molar-refractivity contribution >= 4 is 33.1 Å². The summed E-state index contributed by atoms with van der Waals surface area (Å²) in [6.07, 6.45) is 3.98. The fourth-order valence-electron chi connectivity index (χ4n) is 1.89. The Labute approximate surface area is 106 Å². The molecule has 7 heteroatoms. The van der Waals surface area contributed by atoms with Crippen LogP contribution in [0.4, 0.5) is 11.4 Å². The molecular weight excluding hydrogens is 290 g/mol. The largest absolute Gasteiger partial charge is 0.358 e. The van der Waals surface area contributed by atoms with Gasteiger partial charge in [-0.1, -0.05) is 0 Å². The van der Waals surface area contributed by atoms with Crippen LogP contribution in [0.2, 0.25) is 0 Å². The second-order valence-corrected chi connectivity index (χ2v) is 4.66. The Morgan fingerprint density at radius 3 is 2.88 bits per heavy atom. The van der Waals surface area contributed by atoms with Crippen LogP contribution in [0.3, 0.4) is 0 Å². The molecule has 0 aromatic carbocycles. The molecule has 2 rings (SSSR count). The fraction of sp³-hybridized carbons (Fsp3) is 0.400. The summed E-state index contributed by atoms with van der Waals surface area (Å²) in [6.45, 7) is 0.874. The van der Waals surface area contributed by atoms with Crippen molar-refractivity contribution in [2.45, 2.75) is 12.8 Å². The Balaban J connectivity index is 2.42. The van der Waals surface area contributed by atoms with Crippen LogP contribution in [0.5, 0.6) is 0 Å². The van der Waals surface area contributed by atoms with Crippen molar-refractivity contribution in [2.24, 2.45) is 0 Å². The number of rotatable bonds is 2. The van der Waals surface area contributed by atoms with Crippen LogP contribution in [-0.4, -0.2) is 28.8 Å². The minimum atomic E-state index is -0.480. The number of Topliss-reactive ketones (excluding diaryl/α,β-unsaturated/α-hetero) is 1. The SMILES string of the molecule is O=C1CCCN(c2c(Br)cncc2[N+](=O)[O-])C1. The number of ketones is 1. The topological polar surface area (TPSA) is 76.3 Å². The molecule has 2 heterocycles. The minimum Gasteiger partial charge on any atom is -0.358 e. The molecule has 1 fully saturated rings. The fourth-order valence-corrected chi connectivity index (χ4v) is 2.47. The van der Waals surface area contributed by atoms with E-state index in [2.05, 4.69) is 20.9 Å². The maximum absolute atomic E-state index is 11.4. The summed E-state index contributed by atoms with van der Waals surface area (Å²) in [5.74, 6) is 0.106. The Morgan fingerprint density at radius 2 is 2.24 bits per heavy atom. The summed E-state index contributed by atoms with van der Waals surface area (Å²) in [7, 11) is 0. The molecule has 0 saturated carbocycles. The molecule has 0 spiro atoms. The van der Waals surface area contributed by atoms with Gasteiger partial charge < -0.3 is 4.90 Å². The molecule has 1 aromatic heterocycles. The van der Waals surface area contributed by atoms with E-state index >= 15 is 0 Å². The molecule has 1 saturated heterocycles. The van der Waals surface area contributed by atoms with Gasteiger partial charge in [-0.2, -0.15) is 0 Å². The molecule has 0 N–H and O–H groups in total. The summed E-state index contributed by atoms with van der Waals surface area (Å²) in [6, 6.07) is 0. The molecule has 0 unspecified atom stereocenters. The van der Waals surface area contributed by atoms with Crippen LogP contribution in [0.1, 0.15) is 12.8 Å². The van der Waals surface area contributed by atoms with Crippen LogP contribution < -0.4 is 4.90 Å². The van der Waals surface area contributed by atoms with Crippen molar-refractivity contribution in [1.29, 1.82) is 0 Å². The lowest BCUT2D eigenvalue weighted by molar-refractivity contribution is -0.384. The van der Waals surface area contributed by atoms with Gasteiger partial charge in [0.05, 0.1) is 15.9 Å². The molecule has 1 aliphatic rings. The Kier molecular flexibility index (Phi) is 3.37. The predicted molar refractivity (Wildman–Crippen MR) is 65.0 cm³/mol. The zero-order valence-corrected chi connectivity index (χ0v) is 10.5. The van der Waals surface area contributed by atoms with E-state index in [1.807, 2.05) is 0 Å². The monoisotopic (exact) mass is 299 g/mol. The van der Waals surface area contributed by atoms with E-state index in [-0.39, 0.29) is 18.0 Å². The first-order chi connectivity index (χ1) is 8.09. The second kappa shape index (κ2) is 4.79. The van der Waals surface area contributed by atoms with Crippen molar-refractivity contribution in [3.05, 3.63) is 27.0 Å². The van der Waals surface area contributed by atoms with Gasteiger partial charge in [0.15, 0.2) is 5.78 Å². The minimum absolute atomic E-state index is 0.0749. The number of pyridine rings is 1. The van der Waals surface area contributed by atoms with E-state index in [1.54, 1.807) is 4.90 Å². The van der Waals surface area contributed by atoms with E-state index in [9.17, 15) is 14.9 Å². The van der Waals surface area contributed by atoms with Gasteiger partial charge in [0.25, 0.3) is 0 Å². The zero-order chi connectivity index (χ0) is 12.4. The number of halogens is 1. The highest BCUT2D eigenvalue weighted by Gasteiger charge is 2.26. The van der Waals surface area contributed by atoms with Crippen molar-refractivity contribution in [3.63, 3.8) is 0 Å². The van der Waals surface area contributed by atoms with E-state index in [0.717, 1.165) is 6.42 Å². The van der Waals surface area contributed by atoms with Crippen molar-refractivity contribution in [2.75, 3.05) is 18.0 Å². The first-order valence-corrected chi connectivity index (χ1v) is 5.93. The maximum Gasteiger partial charge on any atom is 0.311 e. The van der Waals surface area contributed by atoms with Crippen molar-refractivity contribution in [3.8, 4) is 0 Å². The van der Waals surface area contributed by atoms with Crippen LogP contribution >= 0.6 is 15.9 Å². The number of hydrogen-bond acceptors (Lipinski definition) is 5. The second-order valence-electron chi connectivity index (χ2n) is 3.81. The van der Waals surface area contributed by atoms with Crippen molar-refractivity contribution < 1.29 is 9.72 Å². The maximum atomic E-state index is 11.4.